The van der Waals surface area contributed by atoms with E-state index in [0.717, 1.165) is 15.9 Å². The molecule has 2 heterocycles. The van der Waals surface area contributed by atoms with Crippen LogP contribution in [0.5, 0.6) is 0 Å². The first-order chi connectivity index (χ1) is 9.15. The van der Waals surface area contributed by atoms with E-state index in [-0.39, 0.29) is 5.54 Å². The number of nitrogens with zero attached hydrogens (tertiary/aromatic N) is 3. The molecule has 0 saturated heterocycles. The van der Waals surface area contributed by atoms with Crippen molar-refractivity contribution in [1.82, 2.24) is 15.0 Å². The molecule has 3 aromatic rings. The molecule has 0 atom stereocenters. The summed E-state index contributed by atoms with van der Waals surface area (Å²) in [5, 5.41) is 7.37. The van der Waals surface area contributed by atoms with E-state index < -0.39 is 0 Å². The molecule has 0 aliphatic heterocycles. The van der Waals surface area contributed by atoms with Crippen LogP contribution in [0.25, 0.3) is 10.9 Å². The summed E-state index contributed by atoms with van der Waals surface area (Å²) in [5.74, 6) is 0.624. The molecule has 0 aliphatic carbocycles. The number of anilines is 1. The summed E-state index contributed by atoms with van der Waals surface area (Å²) in [6.07, 6.45) is 3.65. The summed E-state index contributed by atoms with van der Waals surface area (Å²) >= 11 is 1.62. The molecule has 0 spiro atoms. The van der Waals surface area contributed by atoms with Gasteiger partial charge >= 0.3 is 0 Å². The second-order valence-corrected chi connectivity index (χ2v) is 5.73. The Kier molecular flexibility index (Phi) is 2.91. The van der Waals surface area contributed by atoms with E-state index in [4.69, 9.17) is 0 Å². The molecule has 5 heteroatoms. The minimum absolute atomic E-state index is 0.281. The Morgan fingerprint density at radius 3 is 2.79 bits per heavy atom. The molecule has 4 nitrogen and oxygen atoms in total. The van der Waals surface area contributed by atoms with Crippen molar-refractivity contribution < 1.29 is 0 Å². The van der Waals surface area contributed by atoms with Crippen molar-refractivity contribution in [2.75, 3.05) is 5.32 Å². The van der Waals surface area contributed by atoms with Gasteiger partial charge < -0.3 is 5.32 Å². The van der Waals surface area contributed by atoms with Crippen molar-refractivity contribution in [3.63, 3.8) is 0 Å². The van der Waals surface area contributed by atoms with Crippen LogP contribution in [0.15, 0.2) is 42.0 Å². The van der Waals surface area contributed by atoms with E-state index in [1.54, 1.807) is 11.3 Å². The first-order valence-corrected chi connectivity index (χ1v) is 6.93. The highest BCUT2D eigenvalue weighted by molar-refractivity contribution is 7.09. The van der Waals surface area contributed by atoms with Crippen molar-refractivity contribution in [3.8, 4) is 0 Å². The highest BCUT2D eigenvalue weighted by Gasteiger charge is 2.24. The molecule has 96 valence electrons. The summed E-state index contributed by atoms with van der Waals surface area (Å²) in [6, 6.07) is 7.95. The zero-order chi connectivity index (χ0) is 13.3. The van der Waals surface area contributed by atoms with Gasteiger partial charge in [-0.25, -0.2) is 15.0 Å². The molecular weight excluding hydrogens is 256 g/mol. The Hall–Kier alpha value is -2.01. The van der Waals surface area contributed by atoms with Gasteiger partial charge in [0.15, 0.2) is 0 Å². The van der Waals surface area contributed by atoms with Gasteiger partial charge in [-0.3, -0.25) is 0 Å². The average Bonchev–Trinajstić information content (AvgIpc) is 2.93. The lowest BCUT2D eigenvalue weighted by atomic mass is 10.1. The number of fused-ring (bicyclic) bond motifs is 1. The number of benzene rings is 1. The third-order valence-electron chi connectivity index (χ3n) is 2.88. The predicted octanol–water partition coefficient (Wildman–Crippen LogP) is 3.43. The summed E-state index contributed by atoms with van der Waals surface area (Å²) in [5.41, 5.74) is 0.659. The number of nitrogens with one attached hydrogen (secondary N) is 1. The van der Waals surface area contributed by atoms with Gasteiger partial charge in [-0.05, 0) is 19.9 Å². The summed E-state index contributed by atoms with van der Waals surface area (Å²) in [4.78, 5) is 13.2. The molecule has 19 heavy (non-hydrogen) atoms. The van der Waals surface area contributed by atoms with Gasteiger partial charge in [-0.15, -0.1) is 11.3 Å². The van der Waals surface area contributed by atoms with Gasteiger partial charge in [-0.1, -0.05) is 18.2 Å². The van der Waals surface area contributed by atoms with Crippen LogP contribution >= 0.6 is 11.3 Å². The molecule has 0 unspecified atom stereocenters. The number of para-hydroxylation sites is 1. The molecule has 1 aromatic carbocycles. The summed E-state index contributed by atoms with van der Waals surface area (Å²) in [7, 11) is 0. The van der Waals surface area contributed by atoms with Crippen LogP contribution in [0.1, 0.15) is 18.9 Å². The van der Waals surface area contributed by atoms with Gasteiger partial charge in [0.25, 0.3) is 0 Å². The van der Waals surface area contributed by atoms with E-state index in [2.05, 4.69) is 34.1 Å². The van der Waals surface area contributed by atoms with E-state index in [1.165, 1.54) is 0 Å². The molecule has 0 aliphatic rings. The Morgan fingerprint density at radius 1 is 1.16 bits per heavy atom. The zero-order valence-corrected chi connectivity index (χ0v) is 11.6. The minimum Gasteiger partial charge on any atom is -0.343 e. The first kappa shape index (κ1) is 12.0. The van der Waals surface area contributed by atoms with E-state index in [9.17, 15) is 0 Å². The second kappa shape index (κ2) is 4.59. The highest BCUT2D eigenvalue weighted by Crippen LogP contribution is 2.26. The van der Waals surface area contributed by atoms with Gasteiger partial charge in [0.05, 0.1) is 11.1 Å². The van der Waals surface area contributed by atoms with E-state index >= 15 is 0 Å². The van der Waals surface area contributed by atoms with Gasteiger partial charge in [0, 0.05) is 23.2 Å². The standard InChI is InChI=1S/C14H14N4S/c1-14(2,12-15-7-8-19-12)18-13-16-9-10-5-3-4-6-11(10)17-13/h3-9H,1-2H3,(H,16,17,18). The topological polar surface area (TPSA) is 50.7 Å². The number of hydrogen-bond acceptors (Lipinski definition) is 5. The third-order valence-corrected chi connectivity index (χ3v) is 3.98. The van der Waals surface area contributed by atoms with Crippen molar-refractivity contribution in [1.29, 1.82) is 0 Å². The number of hydrogen-bond donors (Lipinski definition) is 1. The van der Waals surface area contributed by atoms with E-state index in [0.29, 0.717) is 5.95 Å². The van der Waals surface area contributed by atoms with Crippen LogP contribution in [0, 0.1) is 0 Å². The van der Waals surface area contributed by atoms with Crippen molar-refractivity contribution in [3.05, 3.63) is 47.0 Å². The molecule has 0 amide bonds. The van der Waals surface area contributed by atoms with Crippen molar-refractivity contribution >= 4 is 28.2 Å². The van der Waals surface area contributed by atoms with Crippen LogP contribution in [0.2, 0.25) is 0 Å². The maximum Gasteiger partial charge on any atom is 0.223 e. The molecule has 3 rings (SSSR count). The number of thiazole rings is 1. The quantitative estimate of drug-likeness (QED) is 0.792. The van der Waals surface area contributed by atoms with Crippen molar-refractivity contribution in [2.24, 2.45) is 0 Å². The number of rotatable bonds is 3. The monoisotopic (exact) mass is 270 g/mol. The fourth-order valence-corrected chi connectivity index (χ4v) is 2.62. The second-order valence-electron chi connectivity index (χ2n) is 4.84. The maximum absolute atomic E-state index is 4.52. The lowest BCUT2D eigenvalue weighted by Gasteiger charge is -2.23. The molecule has 0 bridgehead atoms. The number of aromatic nitrogens is 3. The van der Waals surface area contributed by atoms with Crippen LogP contribution in [-0.4, -0.2) is 15.0 Å². The fraction of sp³-hybridized carbons (Fsp3) is 0.214. The Balaban J connectivity index is 1.93. The zero-order valence-electron chi connectivity index (χ0n) is 10.8. The van der Waals surface area contributed by atoms with E-state index in [1.807, 2.05) is 42.0 Å². The molecule has 0 fully saturated rings. The maximum atomic E-state index is 4.52. The van der Waals surface area contributed by atoms with Gasteiger partial charge in [0.1, 0.15) is 5.01 Å². The molecule has 2 aromatic heterocycles. The van der Waals surface area contributed by atoms with Crippen LogP contribution < -0.4 is 5.32 Å². The van der Waals surface area contributed by atoms with Crippen LogP contribution in [-0.2, 0) is 5.54 Å². The summed E-state index contributed by atoms with van der Waals surface area (Å²) in [6.45, 7) is 4.15. The van der Waals surface area contributed by atoms with Gasteiger partial charge in [0.2, 0.25) is 5.95 Å². The summed E-state index contributed by atoms with van der Waals surface area (Å²) < 4.78 is 0. The van der Waals surface area contributed by atoms with Crippen molar-refractivity contribution in [2.45, 2.75) is 19.4 Å². The lowest BCUT2D eigenvalue weighted by Crippen LogP contribution is -2.28. The fourth-order valence-electron chi connectivity index (χ4n) is 1.90. The molecule has 0 saturated carbocycles. The SMILES string of the molecule is CC(C)(Nc1ncc2ccccc2n1)c1nccs1. The molecule has 0 radical (unpaired) electrons. The minimum atomic E-state index is -0.281. The normalized spacial score (nSPS) is 11.7. The third kappa shape index (κ3) is 2.42. The van der Waals surface area contributed by atoms with Crippen LogP contribution in [0.4, 0.5) is 5.95 Å². The Labute approximate surface area is 115 Å². The van der Waals surface area contributed by atoms with Gasteiger partial charge in [-0.2, -0.15) is 0 Å². The Bertz CT molecular complexity index is 691. The first-order valence-electron chi connectivity index (χ1n) is 6.05. The molecular formula is C14H14N4S. The lowest BCUT2D eigenvalue weighted by molar-refractivity contribution is 0.597. The Morgan fingerprint density at radius 2 is 2.00 bits per heavy atom. The highest BCUT2D eigenvalue weighted by atomic mass is 32.1. The largest absolute Gasteiger partial charge is 0.343 e. The predicted molar refractivity (Wildman–Crippen MR) is 78.3 cm³/mol. The van der Waals surface area contributed by atoms with Crippen LogP contribution in [0.3, 0.4) is 0 Å². The molecule has 1 N–H and O–H groups in total. The average molecular weight is 270 g/mol. The smallest absolute Gasteiger partial charge is 0.223 e.